The first-order valence-electron chi connectivity index (χ1n) is 11.9. The van der Waals surface area contributed by atoms with Crippen LogP contribution in [0.3, 0.4) is 0 Å². The Morgan fingerprint density at radius 3 is 2.03 bits per heavy atom. The fraction of sp³-hybridized carbons (Fsp3) is 0.346. The Morgan fingerprint density at radius 2 is 1.51 bits per heavy atom. The molecule has 0 saturated carbocycles. The minimum absolute atomic E-state index is 0.0267. The first-order valence-corrected chi connectivity index (χ1v) is 13.3. The van der Waals surface area contributed by atoms with E-state index in [0.717, 1.165) is 0 Å². The van der Waals surface area contributed by atoms with Gasteiger partial charge < -0.3 is 24.4 Å². The second kappa shape index (κ2) is 13.4. The van der Waals surface area contributed by atoms with Crippen LogP contribution in [0.5, 0.6) is 0 Å². The van der Waals surface area contributed by atoms with Gasteiger partial charge in [-0.1, -0.05) is 43.0 Å². The van der Waals surface area contributed by atoms with E-state index in [4.69, 9.17) is 18.4 Å². The number of rotatable bonds is 9. The molecule has 5 atom stereocenters. The molecule has 2 aromatic rings. The van der Waals surface area contributed by atoms with E-state index in [1.165, 1.54) is 24.3 Å². The van der Waals surface area contributed by atoms with Crippen LogP contribution in [0.15, 0.2) is 72.8 Å². The van der Waals surface area contributed by atoms with Gasteiger partial charge in [-0.05, 0) is 31.2 Å². The quantitative estimate of drug-likeness (QED) is 0.225. The van der Waals surface area contributed by atoms with E-state index in [0.29, 0.717) is 0 Å². The second-order valence-electron chi connectivity index (χ2n) is 8.52. The van der Waals surface area contributed by atoms with E-state index in [-0.39, 0.29) is 23.3 Å². The van der Waals surface area contributed by atoms with Crippen molar-refractivity contribution in [3.63, 3.8) is 0 Å². The first-order chi connectivity index (χ1) is 18.5. The van der Waals surface area contributed by atoms with Crippen LogP contribution in [-0.4, -0.2) is 80.2 Å². The number of carbonyl (C=O) groups excluding carboxylic acids is 3. The average molecular weight is 564 g/mol. The zero-order chi connectivity index (χ0) is 28.6. The summed E-state index contributed by atoms with van der Waals surface area (Å²) >= 11 is 0. The molecule has 210 valence electrons. The molecule has 0 radical (unpaired) electrons. The molecule has 0 unspecified atom stereocenters. The monoisotopic (exact) mass is 563 g/mol. The molecule has 0 bridgehead atoms. The van der Waals surface area contributed by atoms with Gasteiger partial charge in [0, 0.05) is 12.0 Å². The molecule has 0 amide bonds. The molecule has 3 rings (SSSR count). The number of carbonyl (C=O) groups is 3. The number of ether oxygens (including phenoxy) is 3. The molecule has 1 aliphatic heterocycles. The van der Waals surface area contributed by atoms with Crippen molar-refractivity contribution in [2.75, 3.05) is 13.2 Å². The number of aliphatic hydroxyl groups is 2. The molecule has 0 aliphatic carbocycles. The van der Waals surface area contributed by atoms with Crippen LogP contribution in [0.2, 0.25) is 0 Å². The maximum absolute atomic E-state index is 13.0. The van der Waals surface area contributed by atoms with E-state index in [2.05, 4.69) is 11.3 Å². The molecule has 1 fully saturated rings. The van der Waals surface area contributed by atoms with Crippen molar-refractivity contribution in [1.29, 1.82) is 0 Å². The molecule has 2 aromatic carbocycles. The van der Waals surface area contributed by atoms with Crippen molar-refractivity contribution >= 4 is 28.2 Å². The summed E-state index contributed by atoms with van der Waals surface area (Å²) in [5.41, 5.74) is -0.0577. The topological polar surface area (TPSA) is 175 Å². The van der Waals surface area contributed by atoms with Gasteiger partial charge >= 0.3 is 28.2 Å². The predicted molar refractivity (Wildman–Crippen MR) is 135 cm³/mol. The Bertz CT molecular complexity index is 1270. The molecule has 13 heteroatoms. The molecular weight excluding hydrogens is 534 g/mol. The zero-order valence-corrected chi connectivity index (χ0v) is 21.8. The van der Waals surface area contributed by atoms with Gasteiger partial charge in [-0.2, -0.15) is 13.1 Å². The summed E-state index contributed by atoms with van der Waals surface area (Å²) in [5, 5.41) is 21.9. The summed E-state index contributed by atoms with van der Waals surface area (Å²) < 4.78 is 47.9. The minimum Gasteiger partial charge on any atom is -0.463 e. The van der Waals surface area contributed by atoms with Gasteiger partial charge in [0.15, 0.2) is 12.2 Å². The Balaban J connectivity index is 2.02. The van der Waals surface area contributed by atoms with Crippen LogP contribution in [0, 0.1) is 0 Å². The van der Waals surface area contributed by atoms with Crippen molar-refractivity contribution in [1.82, 2.24) is 4.72 Å². The van der Waals surface area contributed by atoms with Crippen LogP contribution in [-0.2, 0) is 33.5 Å². The van der Waals surface area contributed by atoms with E-state index in [9.17, 15) is 33.0 Å². The Labute approximate surface area is 225 Å². The normalized spacial score (nSPS) is 23.4. The zero-order valence-electron chi connectivity index (χ0n) is 21.0. The lowest BCUT2D eigenvalue weighted by atomic mass is 9.93. The molecule has 39 heavy (non-hydrogen) atoms. The number of benzene rings is 2. The summed E-state index contributed by atoms with van der Waals surface area (Å²) in [4.78, 5) is 38.0. The van der Waals surface area contributed by atoms with E-state index < -0.39 is 71.7 Å². The number of hydrogen-bond acceptors (Lipinski definition) is 11. The maximum Gasteiger partial charge on any atom is 0.338 e. The standard InChI is InChI=1S/C26H29NO11S/c1-3-35-24(30)16(2)14-19(28)21-23(38-26(32)18-12-8-5-9-13-18)22(20(29)15-36-39(33,34)27-21)37-25(31)17-10-6-4-7-11-17/h4-13,19-23,27-29H,2-3,14-15H2,1H3/t19-,20+,21+,22+,23+/m0/s1. The lowest BCUT2D eigenvalue weighted by Gasteiger charge is -2.38. The fourth-order valence-electron chi connectivity index (χ4n) is 3.76. The number of nitrogens with one attached hydrogen (secondary N) is 1. The Morgan fingerprint density at radius 1 is 1.00 bits per heavy atom. The second-order valence-corrected chi connectivity index (χ2v) is 9.90. The van der Waals surface area contributed by atoms with Crippen molar-refractivity contribution in [2.45, 2.75) is 43.8 Å². The molecule has 1 aliphatic rings. The summed E-state index contributed by atoms with van der Waals surface area (Å²) in [6.07, 6.45) is -7.63. The van der Waals surface area contributed by atoms with Crippen molar-refractivity contribution in [3.8, 4) is 0 Å². The highest BCUT2D eigenvalue weighted by molar-refractivity contribution is 7.84. The smallest absolute Gasteiger partial charge is 0.338 e. The lowest BCUT2D eigenvalue weighted by molar-refractivity contribution is -0.139. The molecule has 0 aromatic heterocycles. The first kappa shape index (κ1) is 29.9. The third-order valence-electron chi connectivity index (χ3n) is 5.67. The van der Waals surface area contributed by atoms with Crippen molar-refractivity contribution in [3.05, 3.63) is 83.9 Å². The predicted octanol–water partition coefficient (Wildman–Crippen LogP) is 0.902. The van der Waals surface area contributed by atoms with Crippen LogP contribution in [0.25, 0.3) is 0 Å². The fourth-order valence-corrected chi connectivity index (χ4v) is 4.77. The van der Waals surface area contributed by atoms with Gasteiger partial charge in [0.05, 0.1) is 36.5 Å². The molecule has 0 spiro atoms. The van der Waals surface area contributed by atoms with Crippen molar-refractivity contribution < 1.29 is 51.4 Å². The van der Waals surface area contributed by atoms with E-state index in [1.807, 2.05) is 0 Å². The molecule has 1 saturated heterocycles. The molecular formula is C26H29NO11S. The van der Waals surface area contributed by atoms with E-state index in [1.54, 1.807) is 43.3 Å². The minimum atomic E-state index is -4.62. The number of hydrogen-bond donors (Lipinski definition) is 3. The third-order valence-corrected chi connectivity index (χ3v) is 6.68. The molecule has 12 nitrogen and oxygen atoms in total. The van der Waals surface area contributed by atoms with Crippen LogP contribution >= 0.6 is 0 Å². The van der Waals surface area contributed by atoms with Crippen LogP contribution < -0.4 is 4.72 Å². The molecule has 3 N–H and O–H groups in total. The summed E-state index contributed by atoms with van der Waals surface area (Å²) in [6.45, 7) is 4.29. The van der Waals surface area contributed by atoms with Gasteiger partial charge in [0.25, 0.3) is 0 Å². The highest BCUT2D eigenvalue weighted by Gasteiger charge is 2.47. The van der Waals surface area contributed by atoms with Crippen LogP contribution in [0.4, 0.5) is 0 Å². The SMILES string of the molecule is C=C(C[C@H](O)[C@H]1NS(=O)(=O)OC[C@@H](O)[C@@H](OC(=O)c2ccccc2)[C@@H]1OC(=O)c1ccccc1)C(=O)OCC. The highest BCUT2D eigenvalue weighted by Crippen LogP contribution is 2.25. The van der Waals surface area contributed by atoms with Crippen LogP contribution in [0.1, 0.15) is 34.1 Å². The van der Waals surface area contributed by atoms with Gasteiger partial charge in [0.1, 0.15) is 6.10 Å². The molecule has 1 heterocycles. The lowest BCUT2D eigenvalue weighted by Crippen LogP contribution is -2.62. The summed E-state index contributed by atoms with van der Waals surface area (Å²) in [6, 6.07) is 13.5. The summed E-state index contributed by atoms with van der Waals surface area (Å²) in [7, 11) is -4.62. The average Bonchev–Trinajstić information content (AvgIpc) is 2.92. The van der Waals surface area contributed by atoms with Gasteiger partial charge in [-0.15, -0.1) is 0 Å². The van der Waals surface area contributed by atoms with Gasteiger partial charge in [0.2, 0.25) is 0 Å². The number of aliphatic hydroxyl groups excluding tert-OH is 2. The number of esters is 3. The van der Waals surface area contributed by atoms with Gasteiger partial charge in [-0.3, -0.25) is 4.18 Å². The Hall–Kier alpha value is -3.62. The third kappa shape index (κ3) is 8.18. The van der Waals surface area contributed by atoms with E-state index >= 15 is 0 Å². The Kier molecular flexibility index (Phi) is 10.3. The van der Waals surface area contributed by atoms with Crippen molar-refractivity contribution in [2.24, 2.45) is 0 Å². The van der Waals surface area contributed by atoms with Gasteiger partial charge in [-0.25, -0.2) is 14.4 Å². The highest BCUT2D eigenvalue weighted by atomic mass is 32.2. The summed E-state index contributed by atoms with van der Waals surface area (Å²) in [5.74, 6) is -2.73. The largest absolute Gasteiger partial charge is 0.463 e. The maximum atomic E-state index is 13.0.